The summed E-state index contributed by atoms with van der Waals surface area (Å²) in [4.78, 5) is 0. The van der Waals surface area contributed by atoms with Crippen LogP contribution in [-0.2, 0) is 12.8 Å². The van der Waals surface area contributed by atoms with E-state index >= 15 is 0 Å². The van der Waals surface area contributed by atoms with Gasteiger partial charge in [0.1, 0.15) is 12.0 Å². The number of hydrogen-bond acceptors (Lipinski definition) is 1. The largest absolute Gasteiger partial charge is 0.384 e. The zero-order valence-electron chi connectivity index (χ0n) is 10.8. The summed E-state index contributed by atoms with van der Waals surface area (Å²) >= 11 is 6.00. The fraction of sp³-hybridized carbons (Fsp3) is 0.250. The molecule has 1 atom stereocenters. The van der Waals surface area contributed by atoms with Gasteiger partial charge in [0.25, 0.3) is 0 Å². The maximum Gasteiger partial charge on any atom is 0.131 e. The second-order valence-corrected chi connectivity index (χ2v) is 5.37. The third-order valence-electron chi connectivity index (χ3n) is 3.62. The van der Waals surface area contributed by atoms with Gasteiger partial charge < -0.3 is 5.32 Å². The summed E-state index contributed by atoms with van der Waals surface area (Å²) in [6.07, 6.45) is -0.208. The fourth-order valence-electron chi connectivity index (χ4n) is 2.63. The molecule has 0 fully saturated rings. The number of halogens is 3. The van der Waals surface area contributed by atoms with Crippen molar-refractivity contribution in [1.29, 1.82) is 0 Å². The lowest BCUT2D eigenvalue weighted by Crippen LogP contribution is -2.02. The predicted molar refractivity (Wildman–Crippen MR) is 77.6 cm³/mol. The van der Waals surface area contributed by atoms with Gasteiger partial charge in [0.2, 0.25) is 0 Å². The second-order valence-electron chi connectivity index (χ2n) is 4.97. The molecule has 4 heteroatoms. The highest BCUT2D eigenvalue weighted by Crippen LogP contribution is 2.35. The molecule has 1 nitrogen and oxygen atoms in total. The van der Waals surface area contributed by atoms with Crippen LogP contribution in [0.25, 0.3) is 0 Å². The number of hydrogen-bond donors (Lipinski definition) is 1. The molecule has 1 heterocycles. The molecule has 0 amide bonds. The van der Waals surface area contributed by atoms with Gasteiger partial charge in [-0.15, -0.1) is 0 Å². The molecule has 0 saturated carbocycles. The highest BCUT2D eigenvalue weighted by molar-refractivity contribution is 6.31. The van der Waals surface area contributed by atoms with Gasteiger partial charge in [0.05, 0.1) is 0 Å². The first-order valence-electron chi connectivity index (χ1n) is 6.59. The smallest absolute Gasteiger partial charge is 0.131 e. The average Bonchev–Trinajstić information content (AvgIpc) is 2.91. The number of benzene rings is 2. The van der Waals surface area contributed by atoms with Crippen molar-refractivity contribution in [3.63, 3.8) is 0 Å². The van der Waals surface area contributed by atoms with Crippen molar-refractivity contribution in [2.24, 2.45) is 0 Å². The van der Waals surface area contributed by atoms with Crippen molar-refractivity contribution < 1.29 is 8.78 Å². The van der Waals surface area contributed by atoms with Crippen LogP contribution in [0, 0.1) is 5.82 Å². The van der Waals surface area contributed by atoms with Crippen LogP contribution < -0.4 is 5.32 Å². The van der Waals surface area contributed by atoms with E-state index in [4.69, 9.17) is 11.6 Å². The average molecular weight is 294 g/mol. The molecule has 3 rings (SSSR count). The molecule has 0 aromatic heterocycles. The minimum Gasteiger partial charge on any atom is -0.384 e. The summed E-state index contributed by atoms with van der Waals surface area (Å²) < 4.78 is 27.8. The molecule has 0 aliphatic carbocycles. The molecule has 2 aromatic carbocycles. The Morgan fingerprint density at radius 1 is 1.25 bits per heavy atom. The molecule has 0 spiro atoms. The van der Waals surface area contributed by atoms with Crippen LogP contribution in [0.5, 0.6) is 0 Å². The molecular formula is C16H14ClF2N. The van der Waals surface area contributed by atoms with E-state index < -0.39 is 12.0 Å². The normalized spacial score (nSPS) is 14.8. The molecular weight excluding hydrogens is 280 g/mol. The van der Waals surface area contributed by atoms with Crippen molar-refractivity contribution in [3.05, 3.63) is 63.9 Å². The van der Waals surface area contributed by atoms with Gasteiger partial charge in [-0.3, -0.25) is 0 Å². The van der Waals surface area contributed by atoms with E-state index in [1.165, 1.54) is 18.2 Å². The zero-order chi connectivity index (χ0) is 14.1. The van der Waals surface area contributed by atoms with Gasteiger partial charge in [-0.25, -0.2) is 8.78 Å². The van der Waals surface area contributed by atoms with Crippen LogP contribution >= 0.6 is 11.6 Å². The highest BCUT2D eigenvalue weighted by atomic mass is 35.5. The Bertz CT molecular complexity index is 642. The number of para-hydroxylation sites is 1. The van der Waals surface area contributed by atoms with Gasteiger partial charge in [-0.2, -0.15) is 0 Å². The van der Waals surface area contributed by atoms with E-state index in [9.17, 15) is 8.78 Å². The van der Waals surface area contributed by atoms with E-state index in [2.05, 4.69) is 5.32 Å². The topological polar surface area (TPSA) is 12.0 Å². The summed E-state index contributed by atoms with van der Waals surface area (Å²) in [5.74, 6) is -0.395. The molecule has 104 valence electrons. The van der Waals surface area contributed by atoms with E-state index in [-0.39, 0.29) is 6.42 Å². The lowest BCUT2D eigenvalue weighted by Gasteiger charge is -2.14. The maximum atomic E-state index is 14.6. The summed E-state index contributed by atoms with van der Waals surface area (Å²) in [6.45, 7) is 0.833. The molecule has 1 aliphatic rings. The van der Waals surface area contributed by atoms with Crippen molar-refractivity contribution in [3.8, 4) is 0 Å². The maximum absolute atomic E-state index is 14.6. The SMILES string of the molecule is Fc1ccc(Cl)c(CC(F)c2cccc3c2NCC3)c1. The Morgan fingerprint density at radius 2 is 2.10 bits per heavy atom. The van der Waals surface area contributed by atoms with Crippen molar-refractivity contribution >= 4 is 17.3 Å². The van der Waals surface area contributed by atoms with Gasteiger partial charge in [-0.1, -0.05) is 29.8 Å². The molecule has 1 aliphatic heterocycles. The van der Waals surface area contributed by atoms with Gasteiger partial charge in [-0.05, 0) is 35.7 Å². The fourth-order valence-corrected chi connectivity index (χ4v) is 2.82. The summed E-state index contributed by atoms with van der Waals surface area (Å²) in [5.41, 5.74) is 3.14. The van der Waals surface area contributed by atoms with Gasteiger partial charge >= 0.3 is 0 Å². The number of alkyl halides is 1. The first-order valence-corrected chi connectivity index (χ1v) is 6.96. The molecule has 0 saturated heterocycles. The molecule has 2 aromatic rings. The third kappa shape index (κ3) is 2.50. The Kier molecular flexibility index (Phi) is 3.62. The summed E-state index contributed by atoms with van der Waals surface area (Å²) in [7, 11) is 0. The monoisotopic (exact) mass is 293 g/mol. The van der Waals surface area contributed by atoms with Crippen LogP contribution in [0.1, 0.15) is 22.9 Å². The Morgan fingerprint density at radius 3 is 2.95 bits per heavy atom. The Balaban J connectivity index is 1.88. The second kappa shape index (κ2) is 5.41. The lowest BCUT2D eigenvalue weighted by molar-refractivity contribution is 0.343. The van der Waals surface area contributed by atoms with Crippen LogP contribution in [0.15, 0.2) is 36.4 Å². The lowest BCUT2D eigenvalue weighted by atomic mass is 9.99. The van der Waals surface area contributed by atoms with Crippen molar-refractivity contribution in [1.82, 2.24) is 0 Å². The Hall–Kier alpha value is -1.61. The van der Waals surface area contributed by atoms with E-state index in [1.807, 2.05) is 12.1 Å². The first-order chi connectivity index (χ1) is 9.65. The van der Waals surface area contributed by atoms with E-state index in [0.717, 1.165) is 24.2 Å². The highest BCUT2D eigenvalue weighted by Gasteiger charge is 2.21. The van der Waals surface area contributed by atoms with Crippen LogP contribution in [-0.4, -0.2) is 6.54 Å². The summed E-state index contributed by atoms with van der Waals surface area (Å²) in [5, 5.41) is 3.61. The molecule has 20 heavy (non-hydrogen) atoms. The van der Waals surface area contributed by atoms with E-state index in [0.29, 0.717) is 16.1 Å². The van der Waals surface area contributed by atoms with Gasteiger partial charge in [0.15, 0.2) is 0 Å². The summed E-state index contributed by atoms with van der Waals surface area (Å²) in [6, 6.07) is 9.68. The molecule has 0 radical (unpaired) electrons. The minimum absolute atomic E-state index is 0.0781. The molecule has 1 unspecified atom stereocenters. The number of nitrogens with one attached hydrogen (secondary N) is 1. The zero-order valence-corrected chi connectivity index (χ0v) is 11.6. The third-order valence-corrected chi connectivity index (χ3v) is 3.99. The van der Waals surface area contributed by atoms with Crippen LogP contribution in [0.3, 0.4) is 0 Å². The number of fused-ring (bicyclic) bond motifs is 1. The van der Waals surface area contributed by atoms with Crippen LogP contribution in [0.2, 0.25) is 5.02 Å². The predicted octanol–water partition coefficient (Wildman–Crippen LogP) is 4.70. The van der Waals surface area contributed by atoms with Gasteiger partial charge in [0, 0.05) is 29.2 Å². The number of anilines is 1. The first kappa shape index (κ1) is 13.4. The van der Waals surface area contributed by atoms with E-state index in [1.54, 1.807) is 6.07 Å². The number of rotatable bonds is 3. The molecule has 1 N–H and O–H groups in total. The minimum atomic E-state index is -1.20. The van der Waals surface area contributed by atoms with Crippen molar-refractivity contribution in [2.75, 3.05) is 11.9 Å². The van der Waals surface area contributed by atoms with Crippen molar-refractivity contribution in [2.45, 2.75) is 19.0 Å². The molecule has 0 bridgehead atoms. The standard InChI is InChI=1S/C16H14ClF2N/c17-14-5-4-12(18)8-11(14)9-15(19)13-3-1-2-10-6-7-20-16(10)13/h1-5,8,15,20H,6-7,9H2. The van der Waals surface area contributed by atoms with Crippen LogP contribution in [0.4, 0.5) is 14.5 Å². The Labute approximate surface area is 121 Å². The quantitative estimate of drug-likeness (QED) is 0.865.